The van der Waals surface area contributed by atoms with E-state index in [1.54, 1.807) is 11.3 Å². The molecule has 1 amide bonds. The zero-order valence-electron chi connectivity index (χ0n) is 12.6. The van der Waals surface area contributed by atoms with Crippen LogP contribution in [0.2, 0.25) is 0 Å². The Bertz CT molecular complexity index is 631. The fourth-order valence-electron chi connectivity index (χ4n) is 2.98. The summed E-state index contributed by atoms with van der Waals surface area (Å²) in [6, 6.07) is 2.00. The minimum atomic E-state index is 0.194. The van der Waals surface area contributed by atoms with Crippen LogP contribution in [0.3, 0.4) is 0 Å². The normalized spacial score (nSPS) is 19.0. The number of nitrogens with zero attached hydrogens (tertiary/aromatic N) is 2. The van der Waals surface area contributed by atoms with Crippen molar-refractivity contribution in [1.29, 1.82) is 0 Å². The maximum Gasteiger partial charge on any atom is 0.263 e. The second-order valence-corrected chi connectivity index (χ2v) is 6.89. The lowest BCUT2D eigenvalue weighted by Crippen LogP contribution is -2.40. The van der Waals surface area contributed by atoms with Crippen LogP contribution in [0.25, 0.3) is 0 Å². The van der Waals surface area contributed by atoms with Crippen molar-refractivity contribution in [3.63, 3.8) is 0 Å². The number of piperidine rings is 1. The van der Waals surface area contributed by atoms with Crippen molar-refractivity contribution in [3.8, 4) is 0 Å². The molecule has 0 aromatic carbocycles. The van der Waals surface area contributed by atoms with Crippen LogP contribution < -0.4 is 0 Å². The van der Waals surface area contributed by atoms with Gasteiger partial charge in [0.15, 0.2) is 0 Å². The van der Waals surface area contributed by atoms with Gasteiger partial charge in [0.25, 0.3) is 5.91 Å². The molecule has 1 unspecified atom stereocenters. The van der Waals surface area contributed by atoms with Gasteiger partial charge >= 0.3 is 0 Å². The number of rotatable bonds is 3. The molecule has 0 bridgehead atoms. The third kappa shape index (κ3) is 3.18. The van der Waals surface area contributed by atoms with Gasteiger partial charge in [-0.1, -0.05) is 0 Å². The van der Waals surface area contributed by atoms with E-state index in [9.17, 15) is 4.79 Å². The second-order valence-electron chi connectivity index (χ2n) is 5.98. The summed E-state index contributed by atoms with van der Waals surface area (Å²) >= 11 is 1.55. The summed E-state index contributed by atoms with van der Waals surface area (Å²) in [7, 11) is 0. The molecule has 1 aliphatic heterocycles. The van der Waals surface area contributed by atoms with Crippen LogP contribution in [0.5, 0.6) is 0 Å². The summed E-state index contributed by atoms with van der Waals surface area (Å²) in [4.78, 5) is 15.4. The molecule has 3 rings (SSSR count). The molecule has 21 heavy (non-hydrogen) atoms. The van der Waals surface area contributed by atoms with Crippen molar-refractivity contribution < 1.29 is 4.79 Å². The zero-order chi connectivity index (χ0) is 14.8. The molecule has 5 heteroatoms. The quantitative estimate of drug-likeness (QED) is 0.946. The van der Waals surface area contributed by atoms with Gasteiger partial charge in [0, 0.05) is 18.8 Å². The Morgan fingerprint density at radius 3 is 3.05 bits per heavy atom. The van der Waals surface area contributed by atoms with E-state index >= 15 is 0 Å². The molecule has 0 radical (unpaired) electrons. The zero-order valence-corrected chi connectivity index (χ0v) is 13.4. The summed E-state index contributed by atoms with van der Waals surface area (Å²) < 4.78 is 0. The molecule has 1 saturated heterocycles. The molecule has 0 spiro atoms. The van der Waals surface area contributed by atoms with Gasteiger partial charge in [-0.15, -0.1) is 11.3 Å². The van der Waals surface area contributed by atoms with Crippen molar-refractivity contribution >= 4 is 17.2 Å². The molecule has 1 N–H and O–H groups in total. The van der Waals surface area contributed by atoms with E-state index in [1.165, 1.54) is 23.2 Å². The highest BCUT2D eigenvalue weighted by molar-refractivity contribution is 7.12. The Kier molecular flexibility index (Phi) is 4.10. The Balaban J connectivity index is 1.65. The minimum absolute atomic E-state index is 0.194. The van der Waals surface area contributed by atoms with Gasteiger partial charge in [0.05, 0.1) is 11.1 Å². The molecule has 0 aliphatic carbocycles. The number of H-pyrrole nitrogens is 1. The van der Waals surface area contributed by atoms with E-state index in [2.05, 4.69) is 17.1 Å². The smallest absolute Gasteiger partial charge is 0.263 e. The molecule has 1 fully saturated rings. The summed E-state index contributed by atoms with van der Waals surface area (Å²) in [6.45, 7) is 5.86. The molecule has 4 nitrogen and oxygen atoms in total. The third-order valence-electron chi connectivity index (χ3n) is 4.17. The molecule has 3 heterocycles. The van der Waals surface area contributed by atoms with Crippen molar-refractivity contribution in [1.82, 2.24) is 15.1 Å². The predicted molar refractivity (Wildman–Crippen MR) is 84.7 cm³/mol. The lowest BCUT2D eigenvalue weighted by Gasteiger charge is -2.32. The SMILES string of the molecule is Cc1csc(C(=O)N2CCCC(Cc3[nH]ncc3C)C2)c1. The highest BCUT2D eigenvalue weighted by Crippen LogP contribution is 2.24. The highest BCUT2D eigenvalue weighted by atomic mass is 32.1. The van der Waals surface area contributed by atoms with E-state index in [0.29, 0.717) is 5.92 Å². The molecule has 1 atom stereocenters. The number of nitrogens with one attached hydrogen (secondary N) is 1. The van der Waals surface area contributed by atoms with Crippen molar-refractivity contribution in [2.24, 2.45) is 5.92 Å². The first-order chi connectivity index (χ1) is 10.1. The van der Waals surface area contributed by atoms with Crippen LogP contribution in [-0.4, -0.2) is 34.1 Å². The Hall–Kier alpha value is -1.62. The number of hydrogen-bond donors (Lipinski definition) is 1. The molecule has 2 aromatic rings. The number of thiophene rings is 1. The summed E-state index contributed by atoms with van der Waals surface area (Å²) in [5.74, 6) is 0.724. The number of hydrogen-bond acceptors (Lipinski definition) is 3. The second kappa shape index (κ2) is 6.02. The fourth-order valence-corrected chi connectivity index (χ4v) is 3.85. The summed E-state index contributed by atoms with van der Waals surface area (Å²) in [5, 5.41) is 9.21. The topological polar surface area (TPSA) is 49.0 Å². The molecule has 112 valence electrons. The standard InChI is InChI=1S/C16H21N3OS/c1-11-6-15(21-10-11)16(20)19-5-3-4-13(9-19)7-14-12(2)8-17-18-14/h6,8,10,13H,3-5,7,9H2,1-2H3,(H,17,18). The lowest BCUT2D eigenvalue weighted by molar-refractivity contribution is 0.0677. The van der Waals surface area contributed by atoms with E-state index in [-0.39, 0.29) is 5.91 Å². The third-order valence-corrected chi connectivity index (χ3v) is 5.21. The average molecular weight is 303 g/mol. The monoisotopic (exact) mass is 303 g/mol. The van der Waals surface area contributed by atoms with Crippen LogP contribution in [0.15, 0.2) is 17.6 Å². The first-order valence-electron chi connectivity index (χ1n) is 7.46. The van der Waals surface area contributed by atoms with E-state index < -0.39 is 0 Å². The first-order valence-corrected chi connectivity index (χ1v) is 8.34. The maximum absolute atomic E-state index is 12.5. The van der Waals surface area contributed by atoms with Gasteiger partial charge in [-0.05, 0) is 61.6 Å². The van der Waals surface area contributed by atoms with Gasteiger partial charge in [0.2, 0.25) is 0 Å². The number of aromatic amines is 1. The first kappa shape index (κ1) is 14.3. The van der Waals surface area contributed by atoms with Crippen LogP contribution in [0.4, 0.5) is 0 Å². The average Bonchev–Trinajstić information content (AvgIpc) is 3.08. The van der Waals surface area contributed by atoms with E-state index in [1.807, 2.05) is 29.5 Å². The largest absolute Gasteiger partial charge is 0.338 e. The number of carbonyl (C=O) groups excluding carboxylic acids is 1. The Morgan fingerprint density at radius 1 is 1.52 bits per heavy atom. The van der Waals surface area contributed by atoms with Gasteiger partial charge < -0.3 is 4.90 Å². The van der Waals surface area contributed by atoms with Crippen molar-refractivity contribution in [2.45, 2.75) is 33.1 Å². The van der Waals surface area contributed by atoms with E-state index in [4.69, 9.17) is 0 Å². The molecule has 1 aliphatic rings. The lowest BCUT2D eigenvalue weighted by atomic mass is 9.92. The number of amides is 1. The van der Waals surface area contributed by atoms with Gasteiger partial charge in [-0.25, -0.2) is 0 Å². The van der Waals surface area contributed by atoms with Crippen molar-refractivity contribution in [2.75, 3.05) is 13.1 Å². The summed E-state index contributed by atoms with van der Waals surface area (Å²) in [6.07, 6.45) is 5.13. The summed E-state index contributed by atoms with van der Waals surface area (Å²) in [5.41, 5.74) is 3.60. The molecular weight excluding hydrogens is 282 g/mol. The highest BCUT2D eigenvalue weighted by Gasteiger charge is 2.25. The van der Waals surface area contributed by atoms with E-state index in [0.717, 1.165) is 30.8 Å². The number of aromatic nitrogens is 2. The maximum atomic E-state index is 12.5. The molecule has 0 saturated carbocycles. The minimum Gasteiger partial charge on any atom is -0.338 e. The number of likely N-dealkylation sites (tertiary alicyclic amines) is 1. The van der Waals surface area contributed by atoms with Crippen LogP contribution in [0.1, 0.15) is 39.3 Å². The Morgan fingerprint density at radius 2 is 2.38 bits per heavy atom. The number of carbonyl (C=O) groups is 1. The van der Waals surface area contributed by atoms with Crippen LogP contribution in [0, 0.1) is 19.8 Å². The van der Waals surface area contributed by atoms with Crippen LogP contribution in [-0.2, 0) is 6.42 Å². The van der Waals surface area contributed by atoms with Gasteiger partial charge in [-0.3, -0.25) is 9.89 Å². The Labute approximate surface area is 129 Å². The van der Waals surface area contributed by atoms with Crippen LogP contribution >= 0.6 is 11.3 Å². The van der Waals surface area contributed by atoms with Crippen molar-refractivity contribution in [3.05, 3.63) is 39.3 Å². The molecule has 2 aromatic heterocycles. The molecular formula is C16H21N3OS. The van der Waals surface area contributed by atoms with Gasteiger partial charge in [0.1, 0.15) is 0 Å². The predicted octanol–water partition coefficient (Wildman–Crippen LogP) is 3.18. The number of aryl methyl sites for hydroxylation is 2. The fraction of sp³-hybridized carbons (Fsp3) is 0.500. The van der Waals surface area contributed by atoms with Gasteiger partial charge in [-0.2, -0.15) is 5.10 Å².